The molecule has 0 fully saturated rings. The van der Waals surface area contributed by atoms with Crippen LogP contribution in [0.5, 0.6) is 0 Å². The number of anilines is 1. The maximum absolute atomic E-state index is 12.6. The molecule has 1 aliphatic rings. The van der Waals surface area contributed by atoms with E-state index in [0.717, 1.165) is 22.5 Å². The average molecular weight is 355 g/mol. The van der Waals surface area contributed by atoms with Crippen LogP contribution in [-0.2, 0) is 9.53 Å². The van der Waals surface area contributed by atoms with Crippen LogP contribution in [0.25, 0.3) is 0 Å². The number of rotatable bonds is 6. The second kappa shape index (κ2) is 7.99. The number of fused-ring (bicyclic) bond motifs is 1. The van der Waals surface area contributed by atoms with Gasteiger partial charge in [0.1, 0.15) is 6.54 Å². The minimum absolute atomic E-state index is 0.0342. The number of carbonyl (C=O) groups excluding carboxylic acids is 1. The van der Waals surface area contributed by atoms with Gasteiger partial charge in [-0.25, -0.2) is 0 Å². The molecule has 1 aliphatic heterocycles. The Morgan fingerprint density at radius 1 is 1.24 bits per heavy atom. The van der Waals surface area contributed by atoms with Gasteiger partial charge >= 0.3 is 0 Å². The van der Waals surface area contributed by atoms with Crippen LogP contribution in [0.15, 0.2) is 66.4 Å². The van der Waals surface area contributed by atoms with Crippen molar-refractivity contribution in [3.05, 3.63) is 77.5 Å². The van der Waals surface area contributed by atoms with E-state index < -0.39 is 0 Å². The van der Waals surface area contributed by atoms with Gasteiger partial charge in [-0.05, 0) is 24.6 Å². The Bertz CT molecular complexity index is 803. The number of amides is 1. The van der Waals surface area contributed by atoms with Gasteiger partial charge in [0.15, 0.2) is 0 Å². The molecule has 0 bridgehead atoms. The normalized spacial score (nSPS) is 13.7. The molecule has 128 valence electrons. The Hall–Kier alpha value is -2.59. The maximum Gasteiger partial charge on any atom is 0.248 e. The van der Waals surface area contributed by atoms with E-state index in [9.17, 15) is 4.79 Å². The average Bonchev–Trinajstić information content (AvgIpc) is 2.76. The number of nitrogens with zero attached hydrogens (tertiary/aromatic N) is 2. The van der Waals surface area contributed by atoms with E-state index in [1.165, 1.54) is 6.26 Å². The minimum Gasteiger partial charge on any atom is -0.502 e. The molecular formula is C20H19ClN2O2. The van der Waals surface area contributed by atoms with E-state index in [1.807, 2.05) is 42.5 Å². The molecule has 0 saturated heterocycles. The van der Waals surface area contributed by atoms with Gasteiger partial charge < -0.3 is 9.64 Å². The summed E-state index contributed by atoms with van der Waals surface area (Å²) in [7, 11) is 0. The van der Waals surface area contributed by atoms with Gasteiger partial charge in [0.05, 0.1) is 24.3 Å². The SMILES string of the molecule is C=COCCCN1C(=O)CN=C(c2ccccc2)c2cc(Cl)ccc21. The molecule has 0 radical (unpaired) electrons. The third kappa shape index (κ3) is 3.91. The summed E-state index contributed by atoms with van der Waals surface area (Å²) in [6.45, 7) is 4.71. The number of benzodiazepines with no additional fused rings is 1. The molecule has 4 nitrogen and oxygen atoms in total. The number of hydrogen-bond acceptors (Lipinski definition) is 3. The summed E-state index contributed by atoms with van der Waals surface area (Å²) in [5.41, 5.74) is 3.45. The van der Waals surface area contributed by atoms with E-state index in [2.05, 4.69) is 11.6 Å². The summed E-state index contributed by atoms with van der Waals surface area (Å²) in [5.74, 6) is -0.0342. The fourth-order valence-corrected chi connectivity index (χ4v) is 3.03. The van der Waals surface area contributed by atoms with E-state index in [-0.39, 0.29) is 12.5 Å². The predicted molar refractivity (Wildman–Crippen MR) is 102 cm³/mol. The van der Waals surface area contributed by atoms with Crippen LogP contribution in [0, 0.1) is 0 Å². The fourth-order valence-electron chi connectivity index (χ4n) is 2.86. The van der Waals surface area contributed by atoms with Gasteiger partial charge in [0.25, 0.3) is 0 Å². The first-order valence-corrected chi connectivity index (χ1v) is 8.51. The first-order chi connectivity index (χ1) is 12.2. The van der Waals surface area contributed by atoms with Crippen molar-refractivity contribution in [2.45, 2.75) is 6.42 Å². The Balaban J connectivity index is 1.99. The highest BCUT2D eigenvalue weighted by Gasteiger charge is 2.25. The largest absolute Gasteiger partial charge is 0.502 e. The number of aliphatic imine (C=N–C) groups is 1. The van der Waals surface area contributed by atoms with Gasteiger partial charge in [-0.3, -0.25) is 9.79 Å². The van der Waals surface area contributed by atoms with Crippen molar-refractivity contribution in [1.82, 2.24) is 0 Å². The van der Waals surface area contributed by atoms with Gasteiger partial charge in [0.2, 0.25) is 5.91 Å². The zero-order valence-electron chi connectivity index (χ0n) is 13.8. The van der Waals surface area contributed by atoms with E-state index in [4.69, 9.17) is 16.3 Å². The number of carbonyl (C=O) groups is 1. The topological polar surface area (TPSA) is 41.9 Å². The lowest BCUT2D eigenvalue weighted by atomic mass is 10.00. The lowest BCUT2D eigenvalue weighted by Crippen LogP contribution is -2.33. The summed E-state index contributed by atoms with van der Waals surface area (Å²) >= 11 is 6.22. The van der Waals surface area contributed by atoms with Crippen LogP contribution in [0.1, 0.15) is 17.5 Å². The lowest BCUT2D eigenvalue weighted by molar-refractivity contribution is -0.117. The Morgan fingerprint density at radius 2 is 2.04 bits per heavy atom. The van der Waals surface area contributed by atoms with Crippen molar-refractivity contribution >= 4 is 28.9 Å². The maximum atomic E-state index is 12.6. The van der Waals surface area contributed by atoms with Gasteiger partial charge in [-0.2, -0.15) is 0 Å². The lowest BCUT2D eigenvalue weighted by Gasteiger charge is -2.23. The third-order valence-corrected chi connectivity index (χ3v) is 4.22. The fraction of sp³-hybridized carbons (Fsp3) is 0.200. The summed E-state index contributed by atoms with van der Waals surface area (Å²) in [5, 5.41) is 0.617. The zero-order chi connectivity index (χ0) is 17.6. The quantitative estimate of drug-likeness (QED) is 0.579. The molecule has 0 saturated carbocycles. The van der Waals surface area contributed by atoms with E-state index in [0.29, 0.717) is 24.6 Å². The Morgan fingerprint density at radius 3 is 2.80 bits per heavy atom. The predicted octanol–water partition coefficient (Wildman–Crippen LogP) is 4.07. The van der Waals surface area contributed by atoms with E-state index >= 15 is 0 Å². The van der Waals surface area contributed by atoms with Crippen molar-refractivity contribution in [3.63, 3.8) is 0 Å². The molecule has 0 atom stereocenters. The Kier molecular flexibility index (Phi) is 5.51. The molecule has 0 N–H and O–H groups in total. The van der Waals surface area contributed by atoms with Gasteiger partial charge in [0, 0.05) is 22.7 Å². The summed E-state index contributed by atoms with van der Waals surface area (Å²) in [6, 6.07) is 15.4. The molecule has 25 heavy (non-hydrogen) atoms. The molecule has 3 rings (SSSR count). The molecule has 1 amide bonds. The summed E-state index contributed by atoms with van der Waals surface area (Å²) in [4.78, 5) is 19.0. The molecule has 0 unspecified atom stereocenters. The smallest absolute Gasteiger partial charge is 0.248 e. The zero-order valence-corrected chi connectivity index (χ0v) is 14.6. The van der Waals surface area contributed by atoms with E-state index in [1.54, 1.807) is 11.0 Å². The van der Waals surface area contributed by atoms with Crippen LogP contribution >= 0.6 is 11.6 Å². The first-order valence-electron chi connectivity index (χ1n) is 8.13. The second-order valence-electron chi connectivity index (χ2n) is 5.63. The number of halogens is 1. The van der Waals surface area contributed by atoms with Crippen LogP contribution < -0.4 is 4.90 Å². The van der Waals surface area contributed by atoms with Crippen molar-refractivity contribution < 1.29 is 9.53 Å². The molecule has 2 aromatic rings. The third-order valence-electron chi connectivity index (χ3n) is 3.99. The molecular weight excluding hydrogens is 336 g/mol. The van der Waals surface area contributed by atoms with Crippen LogP contribution in [-0.4, -0.2) is 31.3 Å². The van der Waals surface area contributed by atoms with Crippen LogP contribution in [0.4, 0.5) is 5.69 Å². The molecule has 1 heterocycles. The van der Waals surface area contributed by atoms with Crippen molar-refractivity contribution in [3.8, 4) is 0 Å². The van der Waals surface area contributed by atoms with Crippen molar-refractivity contribution in [2.75, 3.05) is 24.6 Å². The highest BCUT2D eigenvalue weighted by Crippen LogP contribution is 2.29. The van der Waals surface area contributed by atoms with Crippen molar-refractivity contribution in [2.24, 2.45) is 4.99 Å². The van der Waals surface area contributed by atoms with Crippen LogP contribution in [0.3, 0.4) is 0 Å². The number of ether oxygens (including phenoxy) is 1. The summed E-state index contributed by atoms with van der Waals surface area (Å²) < 4.78 is 5.16. The van der Waals surface area contributed by atoms with Crippen LogP contribution in [0.2, 0.25) is 5.02 Å². The monoisotopic (exact) mass is 354 g/mol. The standard InChI is InChI=1S/C20H19ClN2O2/c1-2-25-12-6-11-23-18-10-9-16(21)13-17(18)20(22-14-19(23)24)15-7-4-3-5-8-15/h2-5,7-10,13H,1,6,11-12,14H2. The highest BCUT2D eigenvalue weighted by atomic mass is 35.5. The van der Waals surface area contributed by atoms with Crippen molar-refractivity contribution in [1.29, 1.82) is 0 Å². The van der Waals surface area contributed by atoms with Gasteiger partial charge in [-0.15, -0.1) is 0 Å². The number of benzene rings is 2. The Labute approximate surface area is 152 Å². The molecule has 2 aromatic carbocycles. The second-order valence-corrected chi connectivity index (χ2v) is 6.07. The van der Waals surface area contributed by atoms with Gasteiger partial charge in [-0.1, -0.05) is 48.5 Å². The number of hydrogen-bond donors (Lipinski definition) is 0. The minimum atomic E-state index is -0.0342. The first kappa shape index (κ1) is 17.2. The summed E-state index contributed by atoms with van der Waals surface area (Å²) in [6.07, 6.45) is 2.12. The molecule has 0 aliphatic carbocycles. The molecule has 5 heteroatoms. The molecule has 0 aromatic heterocycles. The highest BCUT2D eigenvalue weighted by molar-refractivity contribution is 6.32. The molecule has 0 spiro atoms.